The highest BCUT2D eigenvalue weighted by Crippen LogP contribution is 2.23. The summed E-state index contributed by atoms with van der Waals surface area (Å²) < 4.78 is 2.00. The number of hydrogen-bond acceptors (Lipinski definition) is 5. The minimum Gasteiger partial charge on any atom is -0.337 e. The number of nitrogens with zero attached hydrogens (tertiary/aromatic N) is 4. The molecular weight excluding hydrogens is 346 g/mol. The van der Waals surface area contributed by atoms with Crippen LogP contribution in [0.4, 0.5) is 5.69 Å². The first-order valence-electron chi connectivity index (χ1n) is 8.70. The number of hydrogen-bond donors (Lipinski definition) is 1. The number of carbonyl (C=O) groups is 1. The molecule has 0 spiro atoms. The quantitative estimate of drug-likeness (QED) is 0.752. The van der Waals surface area contributed by atoms with Gasteiger partial charge in [0.1, 0.15) is 5.82 Å². The first-order chi connectivity index (χ1) is 12.7. The van der Waals surface area contributed by atoms with Crippen molar-refractivity contribution in [1.29, 1.82) is 0 Å². The Balaban J connectivity index is 1.41. The van der Waals surface area contributed by atoms with Gasteiger partial charge in [0.15, 0.2) is 0 Å². The smallest absolute Gasteiger partial charge is 0.241 e. The molecule has 6 nitrogen and oxygen atoms in total. The Morgan fingerprint density at radius 2 is 2.15 bits per heavy atom. The SMILES string of the molecule is Cn1ccnc1CN1CCC[C@H]1C(=O)Nc1ccc(-c2cscn2)cc1. The first kappa shape index (κ1) is 16.9. The van der Waals surface area contributed by atoms with E-state index in [0.717, 1.165) is 42.2 Å². The van der Waals surface area contributed by atoms with Gasteiger partial charge in [-0.15, -0.1) is 11.3 Å². The van der Waals surface area contributed by atoms with Crippen LogP contribution in [0.15, 0.2) is 47.5 Å². The molecule has 1 amide bonds. The van der Waals surface area contributed by atoms with Crippen molar-refractivity contribution in [3.05, 3.63) is 53.4 Å². The van der Waals surface area contributed by atoms with Crippen molar-refractivity contribution in [3.8, 4) is 11.3 Å². The summed E-state index contributed by atoms with van der Waals surface area (Å²) in [5.74, 6) is 1.04. The van der Waals surface area contributed by atoms with Gasteiger partial charge in [-0.3, -0.25) is 9.69 Å². The predicted molar refractivity (Wildman–Crippen MR) is 103 cm³/mol. The van der Waals surface area contributed by atoms with E-state index in [9.17, 15) is 4.79 Å². The van der Waals surface area contributed by atoms with E-state index in [4.69, 9.17) is 0 Å². The highest BCUT2D eigenvalue weighted by Gasteiger charge is 2.31. The van der Waals surface area contributed by atoms with Gasteiger partial charge in [0.05, 0.1) is 23.8 Å². The molecule has 1 N–H and O–H groups in total. The number of anilines is 1. The van der Waals surface area contributed by atoms with Crippen LogP contribution in [0.25, 0.3) is 11.3 Å². The third-order valence-electron chi connectivity index (χ3n) is 4.81. The summed E-state index contributed by atoms with van der Waals surface area (Å²) >= 11 is 1.58. The fourth-order valence-corrected chi connectivity index (χ4v) is 3.91. The Hall–Kier alpha value is -2.51. The van der Waals surface area contributed by atoms with Gasteiger partial charge in [0.2, 0.25) is 5.91 Å². The minimum absolute atomic E-state index is 0.0538. The second-order valence-electron chi connectivity index (χ2n) is 6.52. The summed E-state index contributed by atoms with van der Waals surface area (Å²) in [6.07, 6.45) is 5.65. The van der Waals surface area contributed by atoms with Crippen LogP contribution in [0.5, 0.6) is 0 Å². The summed E-state index contributed by atoms with van der Waals surface area (Å²) in [6, 6.07) is 7.75. The van der Waals surface area contributed by atoms with Gasteiger partial charge in [-0.05, 0) is 31.5 Å². The van der Waals surface area contributed by atoms with Crippen LogP contribution >= 0.6 is 11.3 Å². The summed E-state index contributed by atoms with van der Waals surface area (Å²) in [7, 11) is 1.98. The summed E-state index contributed by atoms with van der Waals surface area (Å²) in [5.41, 5.74) is 4.66. The standard InChI is InChI=1S/C19H21N5OS/c1-23-10-8-20-18(23)11-24-9-2-3-17(24)19(25)22-15-6-4-14(5-7-15)16-12-26-13-21-16/h4-8,10,12-13,17H,2-3,9,11H2,1H3,(H,22,25)/t17-/m0/s1. The van der Waals surface area contributed by atoms with E-state index in [1.807, 2.05) is 53.0 Å². The normalized spacial score (nSPS) is 17.5. The van der Waals surface area contributed by atoms with Gasteiger partial charge in [-0.2, -0.15) is 0 Å². The Kier molecular flexibility index (Phi) is 4.81. The van der Waals surface area contributed by atoms with Gasteiger partial charge < -0.3 is 9.88 Å². The lowest BCUT2D eigenvalue weighted by atomic mass is 10.1. The second-order valence-corrected chi connectivity index (χ2v) is 7.24. The maximum absolute atomic E-state index is 12.8. The van der Waals surface area contributed by atoms with Crippen LogP contribution in [-0.4, -0.2) is 37.9 Å². The number of likely N-dealkylation sites (tertiary alicyclic amines) is 1. The number of rotatable bonds is 5. The lowest BCUT2D eigenvalue weighted by Crippen LogP contribution is -2.39. The molecule has 7 heteroatoms. The average molecular weight is 367 g/mol. The molecule has 0 bridgehead atoms. The van der Waals surface area contributed by atoms with Gasteiger partial charge >= 0.3 is 0 Å². The largest absolute Gasteiger partial charge is 0.337 e. The average Bonchev–Trinajstić information content (AvgIpc) is 3.39. The van der Waals surface area contributed by atoms with Crippen LogP contribution in [-0.2, 0) is 18.4 Å². The topological polar surface area (TPSA) is 63.1 Å². The molecule has 134 valence electrons. The molecule has 1 atom stereocenters. The molecule has 3 aromatic rings. The van der Waals surface area contributed by atoms with Crippen LogP contribution < -0.4 is 5.32 Å². The molecule has 0 radical (unpaired) electrons. The van der Waals surface area contributed by atoms with Gasteiger partial charge in [-0.25, -0.2) is 9.97 Å². The van der Waals surface area contributed by atoms with Crippen LogP contribution in [0, 0.1) is 0 Å². The maximum atomic E-state index is 12.8. The first-order valence-corrected chi connectivity index (χ1v) is 9.65. The molecule has 4 rings (SSSR count). The summed E-state index contributed by atoms with van der Waals surface area (Å²) in [4.78, 5) is 23.7. The zero-order valence-corrected chi connectivity index (χ0v) is 15.4. The van der Waals surface area contributed by atoms with E-state index >= 15 is 0 Å². The Labute approximate surface area is 156 Å². The summed E-state index contributed by atoms with van der Waals surface area (Å²) in [6.45, 7) is 1.62. The van der Waals surface area contributed by atoms with E-state index < -0.39 is 0 Å². The molecule has 3 heterocycles. The minimum atomic E-state index is -0.107. The number of carbonyl (C=O) groups excluding carboxylic acids is 1. The van der Waals surface area contributed by atoms with E-state index in [2.05, 4.69) is 20.2 Å². The van der Waals surface area contributed by atoms with E-state index in [1.54, 1.807) is 17.5 Å². The predicted octanol–water partition coefficient (Wildman–Crippen LogP) is 3.15. The number of nitrogens with one attached hydrogen (secondary N) is 1. The molecule has 0 aliphatic carbocycles. The molecule has 1 fully saturated rings. The maximum Gasteiger partial charge on any atom is 0.241 e. The van der Waals surface area contributed by atoms with Crippen LogP contribution in [0.3, 0.4) is 0 Å². The summed E-state index contributed by atoms with van der Waals surface area (Å²) in [5, 5.41) is 5.07. The lowest BCUT2D eigenvalue weighted by molar-refractivity contribution is -0.120. The van der Waals surface area contributed by atoms with Gasteiger partial charge in [0, 0.05) is 36.1 Å². The number of imidazole rings is 1. The molecule has 0 saturated carbocycles. The third-order valence-corrected chi connectivity index (χ3v) is 5.40. The van der Waals surface area contributed by atoms with E-state index in [0.29, 0.717) is 6.54 Å². The molecule has 1 aromatic carbocycles. The van der Waals surface area contributed by atoms with Crippen molar-refractivity contribution in [1.82, 2.24) is 19.4 Å². The molecular formula is C19H21N5OS. The molecule has 1 aliphatic heterocycles. The van der Waals surface area contributed by atoms with Crippen molar-refractivity contribution in [3.63, 3.8) is 0 Å². The third kappa shape index (κ3) is 3.54. The Bertz CT molecular complexity index is 872. The molecule has 0 unspecified atom stereocenters. The lowest BCUT2D eigenvalue weighted by Gasteiger charge is -2.23. The number of benzene rings is 1. The fourth-order valence-electron chi connectivity index (χ4n) is 3.35. The second kappa shape index (κ2) is 7.39. The van der Waals surface area contributed by atoms with E-state index in [1.165, 1.54) is 0 Å². The monoisotopic (exact) mass is 367 g/mol. The zero-order chi connectivity index (χ0) is 17.9. The highest BCUT2D eigenvalue weighted by molar-refractivity contribution is 7.07. The molecule has 26 heavy (non-hydrogen) atoms. The van der Waals surface area contributed by atoms with Crippen LogP contribution in [0.2, 0.25) is 0 Å². The highest BCUT2D eigenvalue weighted by atomic mass is 32.1. The Morgan fingerprint density at radius 3 is 2.85 bits per heavy atom. The zero-order valence-electron chi connectivity index (χ0n) is 14.6. The van der Waals surface area contributed by atoms with Crippen LogP contribution in [0.1, 0.15) is 18.7 Å². The van der Waals surface area contributed by atoms with Crippen molar-refractivity contribution < 1.29 is 4.79 Å². The number of aromatic nitrogens is 3. The van der Waals surface area contributed by atoms with Crippen molar-refractivity contribution in [2.45, 2.75) is 25.4 Å². The van der Waals surface area contributed by atoms with Gasteiger partial charge in [0.25, 0.3) is 0 Å². The van der Waals surface area contributed by atoms with Crippen molar-refractivity contribution in [2.24, 2.45) is 7.05 Å². The number of aryl methyl sites for hydroxylation is 1. The molecule has 2 aromatic heterocycles. The van der Waals surface area contributed by atoms with Gasteiger partial charge in [-0.1, -0.05) is 12.1 Å². The van der Waals surface area contributed by atoms with Crippen molar-refractivity contribution in [2.75, 3.05) is 11.9 Å². The molecule has 1 aliphatic rings. The number of amides is 1. The fraction of sp³-hybridized carbons (Fsp3) is 0.316. The number of thiazole rings is 1. The van der Waals surface area contributed by atoms with Crippen molar-refractivity contribution >= 4 is 22.9 Å². The molecule has 1 saturated heterocycles. The van der Waals surface area contributed by atoms with E-state index in [-0.39, 0.29) is 11.9 Å². The Morgan fingerprint density at radius 1 is 1.31 bits per heavy atom.